The zero-order chi connectivity index (χ0) is 10.2. The van der Waals surface area contributed by atoms with Crippen LogP contribution in [0, 0.1) is 26.7 Å². The van der Waals surface area contributed by atoms with Crippen molar-refractivity contribution in [1.82, 2.24) is 0 Å². The molecule has 0 saturated heterocycles. The predicted molar refractivity (Wildman–Crippen MR) is 73.1 cm³/mol. The summed E-state index contributed by atoms with van der Waals surface area (Å²) in [7, 11) is 9.87. The molecule has 0 amide bonds. The molecule has 0 heterocycles. The van der Waals surface area contributed by atoms with Gasteiger partial charge in [0.2, 0.25) is 0 Å². The molecule has 0 spiro atoms. The summed E-state index contributed by atoms with van der Waals surface area (Å²) in [5, 5.41) is 0. The van der Waals surface area contributed by atoms with Gasteiger partial charge in [0.05, 0.1) is 0 Å². The molecule has 2 fully saturated rings. The first-order valence-electron chi connectivity index (χ1n) is 5.83. The molecular formula is C13H26Cl2Zr. The second kappa shape index (κ2) is 12.9. The average molecular weight is 344 g/mol. The molecule has 3 heteroatoms. The molecule has 0 radical (unpaired) electrons. The Balaban J connectivity index is 0. The fourth-order valence-electron chi connectivity index (χ4n) is 2.96. The molecule has 16 heavy (non-hydrogen) atoms. The second-order valence-electron chi connectivity index (χ2n) is 4.61. The standard InChI is InChI=1S/C11H20.2CH3.2ClH.Zr/c1-2-6-10(5-1)9-11-7-3-4-8-11;;;;;/h10-11H,1-9H2;2*1H3;2*1H;/q;2*-1;;;+4/p-2. The van der Waals surface area contributed by atoms with E-state index in [1.165, 1.54) is 25.7 Å². The van der Waals surface area contributed by atoms with Crippen molar-refractivity contribution in [3.8, 4) is 0 Å². The van der Waals surface area contributed by atoms with Gasteiger partial charge in [0.25, 0.3) is 0 Å². The van der Waals surface area contributed by atoms with E-state index >= 15 is 0 Å². The van der Waals surface area contributed by atoms with Crippen LogP contribution in [0.15, 0.2) is 0 Å². The van der Waals surface area contributed by atoms with Crippen LogP contribution in [0.5, 0.6) is 0 Å². The third kappa shape index (κ3) is 8.54. The molecule has 0 atom stereocenters. The van der Waals surface area contributed by atoms with E-state index in [0.29, 0.717) is 0 Å². The molecule has 2 rings (SSSR count). The van der Waals surface area contributed by atoms with E-state index < -0.39 is 20.8 Å². The third-order valence-corrected chi connectivity index (χ3v) is 3.62. The van der Waals surface area contributed by atoms with Gasteiger partial charge in [-0.3, -0.25) is 0 Å². The first-order valence-corrected chi connectivity index (χ1v) is 12.2. The van der Waals surface area contributed by atoms with Gasteiger partial charge >= 0.3 is 37.9 Å². The molecule has 0 nitrogen and oxygen atoms in total. The Bertz CT molecular complexity index is 116. The van der Waals surface area contributed by atoms with Crippen LogP contribution in [0.1, 0.15) is 57.8 Å². The SMILES string of the molecule is C1CCC(CC2CCCC2)C1.[CH3-].[CH3-].[Cl][Zr+2][Cl]. The van der Waals surface area contributed by atoms with Crippen molar-refractivity contribution in [3.05, 3.63) is 14.9 Å². The normalized spacial score (nSPS) is 20.1. The zero-order valence-electron chi connectivity index (χ0n) is 10.8. The molecule has 0 unspecified atom stereocenters. The quantitative estimate of drug-likeness (QED) is 0.536. The molecule has 2 aliphatic carbocycles. The van der Waals surface area contributed by atoms with Crippen molar-refractivity contribution in [2.75, 3.05) is 0 Å². The fourth-order valence-corrected chi connectivity index (χ4v) is 2.96. The van der Waals surface area contributed by atoms with Crippen LogP contribution < -0.4 is 0 Å². The first kappa shape index (κ1) is 19.8. The van der Waals surface area contributed by atoms with Crippen molar-refractivity contribution >= 4 is 17.0 Å². The summed E-state index contributed by atoms with van der Waals surface area (Å²) >= 11 is -0.826. The van der Waals surface area contributed by atoms with Gasteiger partial charge in [-0.1, -0.05) is 51.4 Å². The first-order chi connectivity index (χ1) is 6.86. The maximum atomic E-state index is 4.93. The van der Waals surface area contributed by atoms with Crippen molar-refractivity contribution < 1.29 is 20.8 Å². The summed E-state index contributed by atoms with van der Waals surface area (Å²) in [4.78, 5) is 0. The number of hydrogen-bond acceptors (Lipinski definition) is 0. The summed E-state index contributed by atoms with van der Waals surface area (Å²) in [6, 6.07) is 0. The fraction of sp³-hybridized carbons (Fsp3) is 0.846. The molecule has 0 aliphatic heterocycles. The molecule has 96 valence electrons. The van der Waals surface area contributed by atoms with Crippen LogP contribution in [0.25, 0.3) is 0 Å². The maximum absolute atomic E-state index is 4.93. The number of halogens is 2. The van der Waals surface area contributed by atoms with E-state index in [1.807, 2.05) is 0 Å². The summed E-state index contributed by atoms with van der Waals surface area (Å²) in [5.74, 6) is 2.27. The zero-order valence-corrected chi connectivity index (χ0v) is 14.7. The van der Waals surface area contributed by atoms with Gasteiger partial charge in [-0.05, 0) is 18.3 Å². The average Bonchev–Trinajstić information content (AvgIpc) is 2.79. The molecule has 0 aromatic heterocycles. The minimum absolute atomic E-state index is 0. The molecule has 0 aromatic rings. The summed E-state index contributed by atoms with van der Waals surface area (Å²) in [6.45, 7) is 0. The Hall–Kier alpha value is 1.46. The van der Waals surface area contributed by atoms with Crippen LogP contribution in [-0.2, 0) is 20.8 Å². The van der Waals surface area contributed by atoms with Gasteiger partial charge in [0.1, 0.15) is 0 Å². The van der Waals surface area contributed by atoms with Gasteiger partial charge in [0, 0.05) is 0 Å². The van der Waals surface area contributed by atoms with E-state index in [4.69, 9.17) is 17.0 Å². The van der Waals surface area contributed by atoms with Gasteiger partial charge in [0.15, 0.2) is 0 Å². The van der Waals surface area contributed by atoms with Gasteiger partial charge < -0.3 is 14.9 Å². The molecule has 0 N–H and O–H groups in total. The number of hydrogen-bond donors (Lipinski definition) is 0. The Kier molecular flexibility index (Phi) is 16.0. The minimum atomic E-state index is -0.826. The summed E-state index contributed by atoms with van der Waals surface area (Å²) in [6.07, 6.45) is 13.9. The predicted octanol–water partition coefficient (Wildman–Crippen LogP) is 6.03. The number of rotatable bonds is 2. The summed E-state index contributed by atoms with van der Waals surface area (Å²) < 4.78 is 0. The molecule has 0 aromatic carbocycles. The van der Waals surface area contributed by atoms with E-state index in [2.05, 4.69) is 0 Å². The van der Waals surface area contributed by atoms with Crippen molar-refractivity contribution in [2.24, 2.45) is 11.8 Å². The van der Waals surface area contributed by atoms with Gasteiger partial charge in [-0.2, -0.15) is 0 Å². The van der Waals surface area contributed by atoms with E-state index in [9.17, 15) is 0 Å². The van der Waals surface area contributed by atoms with Crippen molar-refractivity contribution in [2.45, 2.75) is 57.8 Å². The van der Waals surface area contributed by atoms with Crippen molar-refractivity contribution in [1.29, 1.82) is 0 Å². The van der Waals surface area contributed by atoms with Crippen LogP contribution in [0.4, 0.5) is 0 Å². The Morgan fingerprint density at radius 2 is 1.00 bits per heavy atom. The van der Waals surface area contributed by atoms with Crippen LogP contribution in [0.2, 0.25) is 0 Å². The molecule has 0 bridgehead atoms. The topological polar surface area (TPSA) is 0 Å². The van der Waals surface area contributed by atoms with E-state index in [0.717, 1.165) is 11.8 Å². The van der Waals surface area contributed by atoms with E-state index in [-0.39, 0.29) is 14.9 Å². The van der Waals surface area contributed by atoms with Crippen LogP contribution in [-0.4, -0.2) is 0 Å². The Morgan fingerprint density at radius 1 is 0.750 bits per heavy atom. The van der Waals surface area contributed by atoms with Crippen molar-refractivity contribution in [3.63, 3.8) is 0 Å². The van der Waals surface area contributed by atoms with Gasteiger partial charge in [-0.25, -0.2) is 0 Å². The Labute approximate surface area is 122 Å². The summed E-state index contributed by atoms with van der Waals surface area (Å²) in [5.41, 5.74) is 0. The monoisotopic (exact) mass is 342 g/mol. The van der Waals surface area contributed by atoms with E-state index in [1.54, 1.807) is 32.1 Å². The second-order valence-corrected chi connectivity index (χ2v) is 8.34. The van der Waals surface area contributed by atoms with Crippen LogP contribution in [0.3, 0.4) is 0 Å². The third-order valence-electron chi connectivity index (χ3n) is 3.62. The Morgan fingerprint density at radius 3 is 1.25 bits per heavy atom. The molecule has 2 saturated carbocycles. The van der Waals surface area contributed by atoms with Crippen LogP contribution >= 0.6 is 17.0 Å². The molecular weight excluding hydrogens is 318 g/mol. The molecule has 2 aliphatic rings. The van der Waals surface area contributed by atoms with Gasteiger partial charge in [-0.15, -0.1) is 0 Å².